The van der Waals surface area contributed by atoms with Crippen molar-refractivity contribution in [3.63, 3.8) is 0 Å². The fraction of sp³-hybridized carbons (Fsp3) is 0.632. The number of amidine groups is 1. The Morgan fingerprint density at radius 3 is 2.66 bits per heavy atom. The highest BCUT2D eigenvalue weighted by Gasteiger charge is 2.54. The van der Waals surface area contributed by atoms with Crippen molar-refractivity contribution >= 4 is 29.7 Å². The largest absolute Gasteiger partial charge is 0.466 e. The Balaban J connectivity index is 1.91. The van der Waals surface area contributed by atoms with Crippen LogP contribution in [-0.2, 0) is 25.6 Å². The molecule has 0 spiro atoms. The first-order valence-corrected chi connectivity index (χ1v) is 9.76. The summed E-state index contributed by atoms with van der Waals surface area (Å²) < 4.78 is 14.0. The highest BCUT2D eigenvalue weighted by molar-refractivity contribution is 6.20. The van der Waals surface area contributed by atoms with Gasteiger partial charge < -0.3 is 9.47 Å². The number of carbonyl (C=O) groups excluding carboxylic acids is 3. The van der Waals surface area contributed by atoms with E-state index >= 15 is 0 Å². The van der Waals surface area contributed by atoms with Gasteiger partial charge in [0.25, 0.3) is 5.91 Å². The monoisotopic (exact) mass is 406 g/mol. The van der Waals surface area contributed by atoms with Gasteiger partial charge in [-0.15, -0.1) is 0 Å². The molecule has 1 aromatic rings. The third-order valence-electron chi connectivity index (χ3n) is 5.40. The molecule has 1 atom stereocenters. The van der Waals surface area contributed by atoms with Gasteiger partial charge in [-0.3, -0.25) is 19.4 Å². The number of hydrogen-bond acceptors (Lipinski definition) is 6. The number of aromatic nitrogens is 2. The molecule has 10 heteroatoms. The Morgan fingerprint density at radius 1 is 1.28 bits per heavy atom. The number of nitrogens with zero attached hydrogens (tertiary/aromatic N) is 5. The van der Waals surface area contributed by atoms with Gasteiger partial charge in [-0.1, -0.05) is 4.99 Å². The van der Waals surface area contributed by atoms with E-state index in [2.05, 4.69) is 4.99 Å². The number of imidazole rings is 1. The Labute approximate surface area is 169 Å². The van der Waals surface area contributed by atoms with Crippen LogP contribution in [0.5, 0.6) is 0 Å². The Kier molecular flexibility index (Phi) is 6.02. The maximum absolute atomic E-state index is 13.2. The van der Waals surface area contributed by atoms with E-state index < -0.39 is 18.0 Å². The van der Waals surface area contributed by atoms with Crippen LogP contribution in [-0.4, -0.2) is 72.0 Å². The Hall–Kier alpha value is -2.75. The number of carbonyl (C=O) groups is 3. The number of fused-ring (bicyclic) bond motifs is 3. The van der Waals surface area contributed by atoms with Crippen LogP contribution in [0.2, 0.25) is 0 Å². The molecule has 3 amide bonds. The molecule has 0 radical (unpaired) electrons. The number of methoxy groups -OCH3 is 1. The number of amides is 3. The molecule has 0 aliphatic carbocycles. The van der Waals surface area contributed by atoms with Crippen molar-refractivity contribution in [3.05, 3.63) is 11.4 Å². The number of esters is 1. The summed E-state index contributed by atoms with van der Waals surface area (Å²) in [6, 6.07) is -1.20. The van der Waals surface area contributed by atoms with E-state index in [-0.39, 0.29) is 25.5 Å². The molecule has 0 aromatic carbocycles. The van der Waals surface area contributed by atoms with Crippen molar-refractivity contribution in [2.75, 3.05) is 33.9 Å². The van der Waals surface area contributed by atoms with Gasteiger partial charge >= 0.3 is 17.9 Å². The third-order valence-corrected chi connectivity index (χ3v) is 5.40. The van der Waals surface area contributed by atoms with Crippen molar-refractivity contribution in [1.82, 2.24) is 14.4 Å². The van der Waals surface area contributed by atoms with Gasteiger partial charge in [0, 0.05) is 33.7 Å². The fourth-order valence-corrected chi connectivity index (χ4v) is 3.78. The van der Waals surface area contributed by atoms with Gasteiger partial charge in [0.15, 0.2) is 0 Å². The molecular weight excluding hydrogens is 378 g/mol. The van der Waals surface area contributed by atoms with Crippen molar-refractivity contribution < 1.29 is 28.4 Å². The molecule has 0 saturated carbocycles. The zero-order valence-electron chi connectivity index (χ0n) is 17.6. The number of imide groups is 1. The number of ether oxygens (including phenoxy) is 2. The minimum atomic E-state index is -0.711. The second-order valence-electron chi connectivity index (χ2n) is 7.10. The first-order valence-electron chi connectivity index (χ1n) is 9.76. The van der Waals surface area contributed by atoms with Crippen LogP contribution in [0.25, 0.3) is 0 Å². The third kappa shape index (κ3) is 3.52. The predicted octanol–water partition coefficient (Wildman–Crippen LogP) is 0.861. The zero-order chi connectivity index (χ0) is 21.3. The molecule has 3 heterocycles. The van der Waals surface area contributed by atoms with Gasteiger partial charge in [-0.2, -0.15) is 0 Å². The lowest BCUT2D eigenvalue weighted by Crippen LogP contribution is -2.58. The molecule has 0 N–H and O–H groups in total. The molecule has 3 rings (SSSR count). The summed E-state index contributed by atoms with van der Waals surface area (Å²) in [5.74, 6) is 0.241. The average molecular weight is 406 g/mol. The standard InChI is InChI=1S/C19H28N5O5/c1-6-29-14(25)8-10-23-17(26)15-16(21(4)19(23)27)20-18-22(9-7-11-28-5)12(2)13(3)24(15)18/h15H,6-11H2,1-5H3/q+1. The number of aliphatic imine (C=N–C) groups is 1. The van der Waals surface area contributed by atoms with Crippen LogP contribution in [0, 0.1) is 13.8 Å². The van der Waals surface area contributed by atoms with Gasteiger partial charge in [0.05, 0.1) is 19.6 Å². The van der Waals surface area contributed by atoms with Crippen LogP contribution >= 0.6 is 0 Å². The number of urea groups is 1. The molecule has 29 heavy (non-hydrogen) atoms. The van der Waals surface area contributed by atoms with Crippen molar-refractivity contribution in [1.29, 1.82) is 0 Å². The molecule has 0 bridgehead atoms. The summed E-state index contributed by atoms with van der Waals surface area (Å²) in [6.45, 7) is 7.20. The Morgan fingerprint density at radius 2 is 2.00 bits per heavy atom. The summed E-state index contributed by atoms with van der Waals surface area (Å²) >= 11 is 0. The number of likely N-dealkylation sites (N-methyl/N-ethyl adjacent to an activating group) is 1. The van der Waals surface area contributed by atoms with E-state index in [4.69, 9.17) is 9.47 Å². The Bertz CT molecular complexity index is 875. The molecule has 158 valence electrons. The van der Waals surface area contributed by atoms with E-state index in [0.717, 1.165) is 22.7 Å². The summed E-state index contributed by atoms with van der Waals surface area (Å²) in [5.41, 5.74) is 1.94. The van der Waals surface area contributed by atoms with Gasteiger partial charge in [0.1, 0.15) is 11.4 Å². The van der Waals surface area contributed by atoms with Crippen molar-refractivity contribution in [3.8, 4) is 0 Å². The maximum atomic E-state index is 13.2. The summed E-state index contributed by atoms with van der Waals surface area (Å²) in [6.07, 6.45) is 0.772. The highest BCUT2D eigenvalue weighted by Crippen LogP contribution is 2.35. The lowest BCUT2D eigenvalue weighted by atomic mass is 10.1. The minimum absolute atomic E-state index is 0.0207. The van der Waals surface area contributed by atoms with E-state index in [9.17, 15) is 14.4 Å². The summed E-state index contributed by atoms with van der Waals surface area (Å²) in [7, 11) is 3.26. The van der Waals surface area contributed by atoms with Crippen LogP contribution in [0.4, 0.5) is 10.7 Å². The molecule has 10 nitrogen and oxygen atoms in total. The lowest BCUT2D eigenvalue weighted by Gasteiger charge is -2.33. The maximum Gasteiger partial charge on any atom is 0.402 e. The smallest absolute Gasteiger partial charge is 0.402 e. The van der Waals surface area contributed by atoms with E-state index in [1.54, 1.807) is 21.1 Å². The molecule has 1 aromatic heterocycles. The fourth-order valence-electron chi connectivity index (χ4n) is 3.78. The van der Waals surface area contributed by atoms with E-state index in [0.29, 0.717) is 24.9 Å². The lowest BCUT2D eigenvalue weighted by molar-refractivity contribution is -0.689. The normalized spacial score (nSPS) is 18.1. The number of hydrogen-bond donors (Lipinski definition) is 0. The minimum Gasteiger partial charge on any atom is -0.466 e. The average Bonchev–Trinajstić information content (AvgIpc) is 3.18. The molecule has 1 unspecified atom stereocenters. The van der Waals surface area contributed by atoms with Crippen molar-refractivity contribution in [2.45, 2.75) is 46.2 Å². The first kappa shape index (κ1) is 21.0. The molecule has 1 saturated heterocycles. The second-order valence-corrected chi connectivity index (χ2v) is 7.10. The molecule has 2 aliphatic heterocycles. The SMILES string of the molecule is CCOC(=O)CCN1C(=O)C2C(=Nc3n2c(C)c(C)[n+]3CCCOC)N(C)C1=O. The topological polar surface area (TPSA) is 97.3 Å². The quantitative estimate of drug-likeness (QED) is 0.362. The van der Waals surface area contributed by atoms with Gasteiger partial charge in [0.2, 0.25) is 11.9 Å². The van der Waals surface area contributed by atoms with Gasteiger partial charge in [-0.25, -0.2) is 13.9 Å². The zero-order valence-corrected chi connectivity index (χ0v) is 17.6. The first-order chi connectivity index (χ1) is 13.8. The molecule has 1 fully saturated rings. The van der Waals surface area contributed by atoms with Crippen LogP contribution < -0.4 is 4.57 Å². The molecular formula is C19H28N5O5+. The van der Waals surface area contributed by atoms with Crippen LogP contribution in [0.1, 0.15) is 37.2 Å². The molecule has 2 aliphatic rings. The summed E-state index contributed by atoms with van der Waals surface area (Å²) in [4.78, 5) is 44.8. The highest BCUT2D eigenvalue weighted by atomic mass is 16.5. The number of rotatable bonds is 8. The van der Waals surface area contributed by atoms with Crippen LogP contribution in [0.3, 0.4) is 0 Å². The van der Waals surface area contributed by atoms with E-state index in [1.807, 2.05) is 23.0 Å². The van der Waals surface area contributed by atoms with E-state index in [1.165, 1.54) is 4.90 Å². The summed E-state index contributed by atoms with van der Waals surface area (Å²) in [5, 5.41) is 0. The van der Waals surface area contributed by atoms with Crippen molar-refractivity contribution in [2.24, 2.45) is 4.99 Å². The van der Waals surface area contributed by atoms with Crippen LogP contribution in [0.15, 0.2) is 4.99 Å². The van der Waals surface area contributed by atoms with Gasteiger partial charge in [-0.05, 0) is 20.8 Å². The second kappa shape index (κ2) is 8.32. The predicted molar refractivity (Wildman–Crippen MR) is 103 cm³/mol.